The molecule has 0 radical (unpaired) electrons. The van der Waals surface area contributed by atoms with Crippen LogP contribution in [0.15, 0.2) is 6.07 Å². The average molecular weight is 281 g/mol. The van der Waals surface area contributed by atoms with Crippen LogP contribution in [0.2, 0.25) is 5.28 Å². The number of piperazine rings is 1. The second kappa shape index (κ2) is 4.89. The lowest BCUT2D eigenvalue weighted by Crippen LogP contribution is -2.45. The zero-order valence-corrected chi connectivity index (χ0v) is 10.5. The third kappa shape index (κ3) is 3.02. The van der Waals surface area contributed by atoms with Crippen LogP contribution in [-0.4, -0.2) is 48.1 Å². The summed E-state index contributed by atoms with van der Waals surface area (Å²) in [7, 11) is 1.96. The maximum Gasteiger partial charge on any atom is 0.433 e. The van der Waals surface area contributed by atoms with E-state index in [0.29, 0.717) is 13.1 Å². The summed E-state index contributed by atoms with van der Waals surface area (Å²) in [5.41, 5.74) is -1.00. The van der Waals surface area contributed by atoms with Gasteiger partial charge in [-0.15, -0.1) is 0 Å². The van der Waals surface area contributed by atoms with Crippen LogP contribution in [0.4, 0.5) is 19.0 Å². The van der Waals surface area contributed by atoms with Gasteiger partial charge >= 0.3 is 6.18 Å². The van der Waals surface area contributed by atoms with Crippen molar-refractivity contribution in [3.63, 3.8) is 0 Å². The number of hydrogen-bond donors (Lipinski definition) is 0. The fraction of sp³-hybridized carbons (Fsp3) is 0.600. The number of hydrogen-bond acceptors (Lipinski definition) is 4. The van der Waals surface area contributed by atoms with Crippen LogP contribution in [0.1, 0.15) is 5.69 Å². The van der Waals surface area contributed by atoms with E-state index in [0.717, 1.165) is 19.2 Å². The van der Waals surface area contributed by atoms with E-state index in [-0.39, 0.29) is 11.1 Å². The Morgan fingerprint density at radius 3 is 2.33 bits per heavy atom. The van der Waals surface area contributed by atoms with E-state index in [1.807, 2.05) is 7.05 Å². The molecule has 1 aromatic rings. The van der Waals surface area contributed by atoms with Crippen molar-refractivity contribution in [3.8, 4) is 0 Å². The third-order valence-corrected chi connectivity index (χ3v) is 2.97. The summed E-state index contributed by atoms with van der Waals surface area (Å²) in [6, 6.07) is 0.942. The van der Waals surface area contributed by atoms with Crippen molar-refractivity contribution in [2.75, 3.05) is 38.1 Å². The molecule has 2 heterocycles. The molecule has 0 aromatic carbocycles. The quantitative estimate of drug-likeness (QED) is 0.736. The molecule has 0 spiro atoms. The highest BCUT2D eigenvalue weighted by Gasteiger charge is 2.34. The molecule has 0 saturated carbocycles. The predicted octanol–water partition coefficient (Wildman–Crippen LogP) is 1.90. The van der Waals surface area contributed by atoms with Crippen molar-refractivity contribution in [3.05, 3.63) is 17.0 Å². The summed E-state index contributed by atoms with van der Waals surface area (Å²) in [4.78, 5) is 10.9. The number of halogens is 4. The molecular formula is C10H12ClF3N4. The van der Waals surface area contributed by atoms with E-state index in [1.165, 1.54) is 0 Å². The summed E-state index contributed by atoms with van der Waals surface area (Å²) in [6.07, 6.45) is -4.51. The monoisotopic (exact) mass is 280 g/mol. The molecule has 8 heteroatoms. The predicted molar refractivity (Wildman–Crippen MR) is 61.8 cm³/mol. The second-order valence-electron chi connectivity index (χ2n) is 4.17. The highest BCUT2D eigenvalue weighted by Crippen LogP contribution is 2.30. The fourth-order valence-corrected chi connectivity index (χ4v) is 1.93. The van der Waals surface area contributed by atoms with Gasteiger partial charge in [0.25, 0.3) is 0 Å². The van der Waals surface area contributed by atoms with E-state index >= 15 is 0 Å². The van der Waals surface area contributed by atoms with Gasteiger partial charge in [-0.1, -0.05) is 0 Å². The van der Waals surface area contributed by atoms with Crippen LogP contribution < -0.4 is 4.90 Å². The lowest BCUT2D eigenvalue weighted by Gasteiger charge is -2.33. The Balaban J connectivity index is 2.25. The van der Waals surface area contributed by atoms with E-state index < -0.39 is 11.9 Å². The van der Waals surface area contributed by atoms with Gasteiger partial charge in [-0.3, -0.25) is 0 Å². The van der Waals surface area contributed by atoms with Crippen molar-refractivity contribution >= 4 is 17.4 Å². The van der Waals surface area contributed by atoms with Gasteiger partial charge in [-0.05, 0) is 18.6 Å². The highest BCUT2D eigenvalue weighted by molar-refractivity contribution is 6.28. The van der Waals surface area contributed by atoms with Gasteiger partial charge < -0.3 is 9.80 Å². The lowest BCUT2D eigenvalue weighted by atomic mass is 10.3. The van der Waals surface area contributed by atoms with Crippen LogP contribution in [0.3, 0.4) is 0 Å². The van der Waals surface area contributed by atoms with Crippen LogP contribution in [-0.2, 0) is 6.18 Å². The molecule has 0 atom stereocenters. The Kier molecular flexibility index (Phi) is 3.63. The molecule has 1 aliphatic rings. The van der Waals surface area contributed by atoms with Crippen LogP contribution >= 0.6 is 11.6 Å². The first-order valence-corrected chi connectivity index (χ1v) is 5.79. The number of likely N-dealkylation sites (N-methyl/N-ethyl adjacent to an activating group) is 1. The van der Waals surface area contributed by atoms with Gasteiger partial charge in [0.2, 0.25) is 5.28 Å². The maximum atomic E-state index is 12.6. The number of nitrogens with zero attached hydrogens (tertiary/aromatic N) is 4. The largest absolute Gasteiger partial charge is 0.433 e. The molecule has 0 amide bonds. The van der Waals surface area contributed by atoms with Crippen LogP contribution in [0.25, 0.3) is 0 Å². The minimum absolute atomic E-state index is 0.232. The Morgan fingerprint density at radius 2 is 1.78 bits per heavy atom. The van der Waals surface area contributed by atoms with E-state index in [2.05, 4.69) is 14.9 Å². The number of anilines is 1. The SMILES string of the molecule is CN1CCN(c2cc(C(F)(F)F)nc(Cl)n2)CC1. The van der Waals surface area contributed by atoms with Crippen molar-refractivity contribution in [2.45, 2.75) is 6.18 Å². The lowest BCUT2D eigenvalue weighted by molar-refractivity contribution is -0.141. The Morgan fingerprint density at radius 1 is 1.17 bits per heavy atom. The smallest absolute Gasteiger partial charge is 0.354 e. The molecule has 2 rings (SSSR count). The first-order chi connectivity index (χ1) is 8.36. The second-order valence-corrected chi connectivity index (χ2v) is 4.51. The van der Waals surface area contributed by atoms with Gasteiger partial charge in [0.05, 0.1) is 0 Å². The summed E-state index contributed by atoms with van der Waals surface area (Å²) >= 11 is 5.54. The van der Waals surface area contributed by atoms with Gasteiger partial charge in [-0.2, -0.15) is 13.2 Å². The zero-order valence-electron chi connectivity index (χ0n) is 9.71. The van der Waals surface area contributed by atoms with E-state index in [4.69, 9.17) is 11.6 Å². The topological polar surface area (TPSA) is 32.3 Å². The molecule has 1 fully saturated rings. The normalized spacial score (nSPS) is 18.2. The molecule has 0 N–H and O–H groups in total. The molecule has 1 aliphatic heterocycles. The van der Waals surface area contributed by atoms with Gasteiger partial charge in [0, 0.05) is 32.2 Å². The molecule has 100 valence electrons. The fourth-order valence-electron chi connectivity index (χ4n) is 1.75. The Bertz CT molecular complexity index is 430. The molecular weight excluding hydrogens is 269 g/mol. The Labute approximate surface area is 107 Å². The molecule has 4 nitrogen and oxygen atoms in total. The minimum atomic E-state index is -4.51. The molecule has 18 heavy (non-hydrogen) atoms. The number of aromatic nitrogens is 2. The summed E-state index contributed by atoms with van der Waals surface area (Å²) < 4.78 is 37.8. The molecule has 0 bridgehead atoms. The Hall–Kier alpha value is -1.08. The van der Waals surface area contributed by atoms with Gasteiger partial charge in [-0.25, -0.2) is 9.97 Å². The molecule has 0 unspecified atom stereocenters. The van der Waals surface area contributed by atoms with E-state index in [9.17, 15) is 13.2 Å². The average Bonchev–Trinajstić information content (AvgIpc) is 2.28. The molecule has 0 aliphatic carbocycles. The number of rotatable bonds is 1. The van der Waals surface area contributed by atoms with Crippen molar-refractivity contribution in [1.82, 2.24) is 14.9 Å². The van der Waals surface area contributed by atoms with Crippen LogP contribution in [0, 0.1) is 0 Å². The number of alkyl halides is 3. The first-order valence-electron chi connectivity index (χ1n) is 5.41. The standard InChI is InChI=1S/C10H12ClF3N4/c1-17-2-4-18(5-3-17)8-6-7(10(12,13)14)15-9(11)16-8/h6H,2-5H2,1H3. The van der Waals surface area contributed by atoms with Crippen molar-refractivity contribution < 1.29 is 13.2 Å². The summed E-state index contributed by atoms with van der Waals surface area (Å²) in [5, 5.41) is -0.376. The summed E-state index contributed by atoms with van der Waals surface area (Å²) in [6.45, 7) is 2.81. The molecule has 1 saturated heterocycles. The zero-order chi connectivity index (χ0) is 13.3. The van der Waals surface area contributed by atoms with Gasteiger partial charge in [0.1, 0.15) is 5.82 Å². The van der Waals surface area contributed by atoms with Crippen molar-refractivity contribution in [2.24, 2.45) is 0 Å². The maximum absolute atomic E-state index is 12.6. The van der Waals surface area contributed by atoms with Gasteiger partial charge in [0.15, 0.2) is 5.69 Å². The summed E-state index contributed by atoms with van der Waals surface area (Å²) in [5.74, 6) is 0.232. The highest BCUT2D eigenvalue weighted by atomic mass is 35.5. The third-order valence-electron chi connectivity index (χ3n) is 2.80. The minimum Gasteiger partial charge on any atom is -0.354 e. The van der Waals surface area contributed by atoms with E-state index in [1.54, 1.807) is 4.90 Å². The van der Waals surface area contributed by atoms with Crippen molar-refractivity contribution in [1.29, 1.82) is 0 Å². The first kappa shape index (κ1) is 13.4. The molecule has 1 aromatic heterocycles. The van der Waals surface area contributed by atoms with Crippen LogP contribution in [0.5, 0.6) is 0 Å².